The van der Waals surface area contributed by atoms with Gasteiger partial charge in [-0.1, -0.05) is 54.6 Å². The van der Waals surface area contributed by atoms with Gasteiger partial charge in [0, 0.05) is 5.56 Å². The molecule has 4 nitrogen and oxygen atoms in total. The third kappa shape index (κ3) is 4.96. The Hall–Kier alpha value is -3.90. The molecule has 4 aromatic carbocycles. The minimum Gasteiger partial charge on any atom is -0.488 e. The predicted octanol–water partition coefficient (Wildman–Crippen LogP) is 6.45. The van der Waals surface area contributed by atoms with Crippen LogP contribution in [0.15, 0.2) is 101 Å². The van der Waals surface area contributed by atoms with E-state index in [1.807, 2.05) is 72.8 Å². The highest BCUT2D eigenvalue weighted by atomic mass is 32.2. The maximum absolute atomic E-state index is 13.2. The highest BCUT2D eigenvalue weighted by molar-refractivity contribution is 8.18. The van der Waals surface area contributed by atoms with E-state index in [1.165, 1.54) is 23.9 Å². The molecule has 4 aromatic rings. The Labute approximate surface area is 194 Å². The van der Waals surface area contributed by atoms with E-state index in [0.717, 1.165) is 27.6 Å². The number of aliphatic imine (C=N–C) groups is 1. The van der Waals surface area contributed by atoms with Crippen molar-refractivity contribution in [2.75, 3.05) is 0 Å². The number of nitrogens with one attached hydrogen (secondary N) is 1. The van der Waals surface area contributed by atoms with Gasteiger partial charge in [0.1, 0.15) is 18.2 Å². The van der Waals surface area contributed by atoms with E-state index in [9.17, 15) is 9.18 Å². The Morgan fingerprint density at radius 3 is 2.36 bits per heavy atom. The van der Waals surface area contributed by atoms with Gasteiger partial charge >= 0.3 is 0 Å². The lowest BCUT2D eigenvalue weighted by atomic mass is 10.1. The first-order valence-corrected chi connectivity index (χ1v) is 11.2. The number of hydrogen-bond donors (Lipinski definition) is 1. The summed E-state index contributed by atoms with van der Waals surface area (Å²) in [6.07, 6.45) is 1.82. The standard InChI is InChI=1S/C27H19FN2O2S/c28-22-12-10-18(11-13-22)17-32-24-15-20-7-5-4-6-19(20)14-21(24)16-25-26(31)30-27(33-25)29-23-8-2-1-3-9-23/h1-16H,17H2,(H,29,30,31). The molecule has 6 heteroatoms. The summed E-state index contributed by atoms with van der Waals surface area (Å²) in [5, 5.41) is 5.43. The molecule has 0 aromatic heterocycles. The minimum atomic E-state index is -0.285. The van der Waals surface area contributed by atoms with E-state index < -0.39 is 0 Å². The number of carbonyl (C=O) groups is 1. The fraction of sp³-hybridized carbons (Fsp3) is 0.0370. The van der Waals surface area contributed by atoms with Gasteiger partial charge in [-0.2, -0.15) is 0 Å². The van der Waals surface area contributed by atoms with Gasteiger partial charge < -0.3 is 10.1 Å². The molecule has 0 spiro atoms. The average molecular weight is 455 g/mol. The second-order valence-electron chi connectivity index (χ2n) is 7.47. The first-order chi connectivity index (χ1) is 16.1. The number of thioether (sulfide) groups is 1. The third-order valence-corrected chi connectivity index (χ3v) is 6.02. The molecule has 1 amide bonds. The van der Waals surface area contributed by atoms with Gasteiger partial charge in [0.15, 0.2) is 5.17 Å². The number of rotatable bonds is 5. The zero-order valence-electron chi connectivity index (χ0n) is 17.5. The maximum Gasteiger partial charge on any atom is 0.264 e. The van der Waals surface area contributed by atoms with Crippen molar-refractivity contribution < 1.29 is 13.9 Å². The normalized spacial score (nSPS) is 15.8. The topological polar surface area (TPSA) is 50.7 Å². The largest absolute Gasteiger partial charge is 0.488 e. The first-order valence-electron chi connectivity index (χ1n) is 10.4. The number of nitrogens with zero attached hydrogens (tertiary/aromatic N) is 1. The molecule has 1 aliphatic rings. The number of halogens is 1. The summed E-state index contributed by atoms with van der Waals surface area (Å²) in [5.74, 6) is 0.159. The molecule has 1 aliphatic heterocycles. The van der Waals surface area contributed by atoms with Crippen LogP contribution in [-0.4, -0.2) is 11.1 Å². The van der Waals surface area contributed by atoms with Crippen molar-refractivity contribution in [2.45, 2.75) is 6.61 Å². The molecule has 0 unspecified atom stereocenters. The van der Waals surface area contributed by atoms with Crippen LogP contribution >= 0.6 is 11.8 Å². The van der Waals surface area contributed by atoms with E-state index >= 15 is 0 Å². The molecule has 0 radical (unpaired) electrons. The lowest BCUT2D eigenvalue weighted by Gasteiger charge is -2.12. The van der Waals surface area contributed by atoms with Gasteiger partial charge in [-0.3, -0.25) is 4.79 Å². The Bertz CT molecular complexity index is 1380. The van der Waals surface area contributed by atoms with Gasteiger partial charge in [0.2, 0.25) is 0 Å². The molecule has 1 heterocycles. The van der Waals surface area contributed by atoms with E-state index in [2.05, 4.69) is 10.3 Å². The highest BCUT2D eigenvalue weighted by Crippen LogP contribution is 2.33. The number of carbonyl (C=O) groups excluding carboxylic acids is 1. The van der Waals surface area contributed by atoms with E-state index in [1.54, 1.807) is 12.1 Å². The number of amides is 1. The van der Waals surface area contributed by atoms with Crippen LogP contribution in [0.4, 0.5) is 10.1 Å². The zero-order chi connectivity index (χ0) is 22.6. The summed E-state index contributed by atoms with van der Waals surface area (Å²) in [4.78, 5) is 17.6. The molecular formula is C27H19FN2O2S. The SMILES string of the molecule is O=C1NC(=Nc2ccccc2)SC1=Cc1cc2ccccc2cc1OCc1ccc(F)cc1. The van der Waals surface area contributed by atoms with Crippen LogP contribution in [0.25, 0.3) is 16.8 Å². The average Bonchev–Trinajstić information content (AvgIpc) is 3.17. The molecule has 1 fully saturated rings. The summed E-state index contributed by atoms with van der Waals surface area (Å²) < 4.78 is 19.3. The lowest BCUT2D eigenvalue weighted by molar-refractivity contribution is -0.115. The number of hydrogen-bond acceptors (Lipinski definition) is 4. The van der Waals surface area contributed by atoms with Crippen LogP contribution in [0, 0.1) is 5.82 Å². The Morgan fingerprint density at radius 2 is 1.61 bits per heavy atom. The molecule has 33 heavy (non-hydrogen) atoms. The second kappa shape index (κ2) is 9.30. The van der Waals surface area contributed by atoms with Crippen LogP contribution in [0.3, 0.4) is 0 Å². The van der Waals surface area contributed by atoms with Crippen molar-refractivity contribution >= 4 is 45.4 Å². The van der Waals surface area contributed by atoms with Crippen LogP contribution in [0.5, 0.6) is 5.75 Å². The summed E-state index contributed by atoms with van der Waals surface area (Å²) in [7, 11) is 0. The van der Waals surface area contributed by atoms with E-state index in [4.69, 9.17) is 4.74 Å². The Balaban J connectivity index is 1.46. The number of para-hydroxylation sites is 1. The maximum atomic E-state index is 13.2. The molecule has 1 N–H and O–H groups in total. The molecule has 0 saturated carbocycles. The smallest absolute Gasteiger partial charge is 0.264 e. The van der Waals surface area contributed by atoms with Gasteiger partial charge in [0.05, 0.1) is 10.6 Å². The highest BCUT2D eigenvalue weighted by Gasteiger charge is 2.24. The predicted molar refractivity (Wildman–Crippen MR) is 132 cm³/mol. The molecule has 0 atom stereocenters. The molecular weight excluding hydrogens is 435 g/mol. The Kier molecular flexibility index (Phi) is 5.91. The summed E-state index contributed by atoms with van der Waals surface area (Å²) in [6, 6.07) is 27.6. The molecule has 1 saturated heterocycles. The molecule has 0 aliphatic carbocycles. The second-order valence-corrected chi connectivity index (χ2v) is 8.50. The van der Waals surface area contributed by atoms with Crippen LogP contribution in [0.2, 0.25) is 0 Å². The number of benzene rings is 4. The zero-order valence-corrected chi connectivity index (χ0v) is 18.3. The third-order valence-electron chi connectivity index (χ3n) is 5.11. The molecule has 162 valence electrons. The summed E-state index contributed by atoms with van der Waals surface area (Å²) >= 11 is 1.29. The van der Waals surface area contributed by atoms with Gasteiger partial charge in [0.25, 0.3) is 5.91 Å². The van der Waals surface area contributed by atoms with Crippen LogP contribution in [-0.2, 0) is 11.4 Å². The summed E-state index contributed by atoms with van der Waals surface area (Å²) in [5.41, 5.74) is 2.42. The lowest BCUT2D eigenvalue weighted by Crippen LogP contribution is -2.19. The summed E-state index contributed by atoms with van der Waals surface area (Å²) in [6.45, 7) is 0.287. The Morgan fingerprint density at radius 1 is 0.909 bits per heavy atom. The number of ether oxygens (including phenoxy) is 1. The molecule has 5 rings (SSSR count). The molecule has 0 bridgehead atoms. The van der Waals surface area contributed by atoms with E-state index in [0.29, 0.717) is 15.8 Å². The van der Waals surface area contributed by atoms with Gasteiger partial charge in [-0.15, -0.1) is 0 Å². The van der Waals surface area contributed by atoms with Crippen molar-refractivity contribution in [3.63, 3.8) is 0 Å². The quantitative estimate of drug-likeness (QED) is 0.353. The van der Waals surface area contributed by atoms with Crippen molar-refractivity contribution in [3.05, 3.63) is 113 Å². The van der Waals surface area contributed by atoms with Crippen LogP contribution in [0.1, 0.15) is 11.1 Å². The monoisotopic (exact) mass is 454 g/mol. The number of fused-ring (bicyclic) bond motifs is 1. The van der Waals surface area contributed by atoms with Crippen molar-refractivity contribution in [2.24, 2.45) is 4.99 Å². The number of amidine groups is 1. The van der Waals surface area contributed by atoms with Gasteiger partial charge in [-0.25, -0.2) is 9.38 Å². The van der Waals surface area contributed by atoms with Crippen molar-refractivity contribution in [1.29, 1.82) is 0 Å². The fourth-order valence-electron chi connectivity index (χ4n) is 3.46. The first kappa shape index (κ1) is 21.0. The van der Waals surface area contributed by atoms with Gasteiger partial charge in [-0.05, 0) is 70.6 Å². The van der Waals surface area contributed by atoms with E-state index in [-0.39, 0.29) is 18.3 Å². The van der Waals surface area contributed by atoms with Crippen molar-refractivity contribution in [1.82, 2.24) is 5.32 Å². The minimum absolute atomic E-state index is 0.202. The van der Waals surface area contributed by atoms with Crippen molar-refractivity contribution in [3.8, 4) is 5.75 Å². The fourth-order valence-corrected chi connectivity index (χ4v) is 4.29. The van der Waals surface area contributed by atoms with Crippen LogP contribution < -0.4 is 10.1 Å².